The first-order valence-electron chi connectivity index (χ1n) is 11.3. The van der Waals surface area contributed by atoms with Crippen molar-refractivity contribution in [2.75, 3.05) is 26.6 Å². The largest absolute Gasteiger partial charge is 0.493 e. The van der Waals surface area contributed by atoms with Crippen molar-refractivity contribution in [2.24, 2.45) is 0 Å². The van der Waals surface area contributed by atoms with Gasteiger partial charge in [-0.1, -0.05) is 42.5 Å². The molecule has 0 saturated heterocycles. The molecule has 0 saturated carbocycles. The van der Waals surface area contributed by atoms with Gasteiger partial charge in [0.05, 0.1) is 25.8 Å². The second-order valence-electron chi connectivity index (χ2n) is 9.29. The van der Waals surface area contributed by atoms with Crippen LogP contribution in [0, 0.1) is 0 Å². The summed E-state index contributed by atoms with van der Waals surface area (Å²) < 4.78 is 10.9. The van der Waals surface area contributed by atoms with E-state index in [1.165, 1.54) is 11.1 Å². The van der Waals surface area contributed by atoms with E-state index < -0.39 is 0 Å². The molecule has 0 fully saturated rings. The molecule has 0 radical (unpaired) electrons. The molecule has 6 nitrogen and oxygen atoms in total. The maximum Gasteiger partial charge on any atom is 0.162 e. The number of rotatable bonds is 7. The van der Waals surface area contributed by atoms with Gasteiger partial charge in [-0.3, -0.25) is 4.90 Å². The van der Waals surface area contributed by atoms with Crippen LogP contribution >= 0.6 is 0 Å². The van der Waals surface area contributed by atoms with Crippen molar-refractivity contribution in [3.63, 3.8) is 0 Å². The normalized spacial score (nSPS) is 12.6. The molecule has 34 heavy (non-hydrogen) atoms. The van der Waals surface area contributed by atoms with E-state index in [0.29, 0.717) is 17.3 Å². The van der Waals surface area contributed by atoms with Crippen LogP contribution in [0.1, 0.15) is 37.9 Å². The molecule has 1 heterocycles. The van der Waals surface area contributed by atoms with Crippen LogP contribution in [0.5, 0.6) is 11.5 Å². The van der Waals surface area contributed by atoms with Gasteiger partial charge in [0.2, 0.25) is 0 Å². The fraction of sp³-hybridized carbons (Fsp3) is 0.286. The fourth-order valence-corrected chi connectivity index (χ4v) is 4.03. The zero-order valence-electron chi connectivity index (χ0n) is 20.7. The molecule has 0 aliphatic rings. The first-order valence-corrected chi connectivity index (χ1v) is 11.3. The lowest BCUT2D eigenvalue weighted by molar-refractivity contribution is 0.137. The summed E-state index contributed by atoms with van der Waals surface area (Å²) in [5.74, 6) is 1.99. The van der Waals surface area contributed by atoms with Crippen molar-refractivity contribution in [2.45, 2.75) is 32.4 Å². The predicted octanol–water partition coefficient (Wildman–Crippen LogP) is 6.21. The average Bonchev–Trinajstić information content (AvgIpc) is 2.84. The van der Waals surface area contributed by atoms with E-state index in [-0.39, 0.29) is 11.6 Å². The van der Waals surface area contributed by atoms with Crippen LogP contribution in [0.15, 0.2) is 73.1 Å². The third-order valence-electron chi connectivity index (χ3n) is 6.19. The Morgan fingerprint density at radius 1 is 0.824 bits per heavy atom. The van der Waals surface area contributed by atoms with E-state index in [1.54, 1.807) is 20.5 Å². The zero-order valence-corrected chi connectivity index (χ0v) is 20.7. The maximum atomic E-state index is 5.47. The highest BCUT2D eigenvalue weighted by molar-refractivity contribution is 5.93. The highest BCUT2D eigenvalue weighted by Gasteiger charge is 2.27. The van der Waals surface area contributed by atoms with Gasteiger partial charge >= 0.3 is 0 Å². The summed E-state index contributed by atoms with van der Waals surface area (Å²) in [7, 11) is 5.42. The Morgan fingerprint density at radius 3 is 2.06 bits per heavy atom. The fourth-order valence-electron chi connectivity index (χ4n) is 4.03. The molecule has 0 spiro atoms. The van der Waals surface area contributed by atoms with Crippen LogP contribution in [0.3, 0.4) is 0 Å². The van der Waals surface area contributed by atoms with Crippen molar-refractivity contribution < 1.29 is 9.47 Å². The minimum absolute atomic E-state index is 0.0113. The molecule has 0 amide bonds. The van der Waals surface area contributed by atoms with Gasteiger partial charge in [0.15, 0.2) is 11.5 Å². The second-order valence-corrected chi connectivity index (χ2v) is 9.29. The third-order valence-corrected chi connectivity index (χ3v) is 6.19. The number of methoxy groups -OCH3 is 2. The molecule has 0 aliphatic heterocycles. The SMILES string of the molecule is COc1cc2ncnc(Nc3ccc([C@H](c4ccccc4)N(C)C(C)(C)C)cc3)c2cc1OC. The monoisotopic (exact) mass is 456 g/mol. The minimum Gasteiger partial charge on any atom is -0.493 e. The van der Waals surface area contributed by atoms with Gasteiger partial charge in [0.25, 0.3) is 0 Å². The Morgan fingerprint density at radius 2 is 1.44 bits per heavy atom. The molecule has 0 bridgehead atoms. The molecular formula is C28H32N4O2. The minimum atomic E-state index is 0.0113. The summed E-state index contributed by atoms with van der Waals surface area (Å²) in [6.07, 6.45) is 1.55. The molecule has 1 aromatic heterocycles. The summed E-state index contributed by atoms with van der Waals surface area (Å²) in [4.78, 5) is 11.3. The van der Waals surface area contributed by atoms with Gasteiger partial charge < -0.3 is 14.8 Å². The molecule has 176 valence electrons. The predicted molar refractivity (Wildman–Crippen MR) is 138 cm³/mol. The van der Waals surface area contributed by atoms with Crippen molar-refractivity contribution in [3.05, 3.63) is 84.2 Å². The highest BCUT2D eigenvalue weighted by Crippen LogP contribution is 2.36. The van der Waals surface area contributed by atoms with E-state index in [0.717, 1.165) is 16.6 Å². The Labute approximate surface area is 201 Å². The van der Waals surface area contributed by atoms with Crippen molar-refractivity contribution in [3.8, 4) is 11.5 Å². The van der Waals surface area contributed by atoms with Gasteiger partial charge in [-0.2, -0.15) is 0 Å². The Bertz CT molecular complexity index is 1250. The number of nitrogens with one attached hydrogen (secondary N) is 1. The molecule has 3 aromatic carbocycles. The number of nitrogens with zero attached hydrogens (tertiary/aromatic N) is 3. The molecule has 4 rings (SSSR count). The smallest absolute Gasteiger partial charge is 0.162 e. The highest BCUT2D eigenvalue weighted by atomic mass is 16.5. The van der Waals surface area contributed by atoms with Gasteiger partial charge in [-0.05, 0) is 57.1 Å². The second kappa shape index (κ2) is 9.69. The lowest BCUT2D eigenvalue weighted by atomic mass is 9.93. The molecule has 6 heteroatoms. The summed E-state index contributed by atoms with van der Waals surface area (Å²) in [5, 5.41) is 4.30. The third kappa shape index (κ3) is 4.82. The van der Waals surface area contributed by atoms with Gasteiger partial charge in [-0.15, -0.1) is 0 Å². The Balaban J connectivity index is 1.67. The number of benzene rings is 3. The summed E-state index contributed by atoms with van der Waals surface area (Å²) in [5.41, 5.74) is 4.24. The van der Waals surface area contributed by atoms with Gasteiger partial charge in [0.1, 0.15) is 12.1 Å². The van der Waals surface area contributed by atoms with Crippen LogP contribution in [-0.4, -0.2) is 41.7 Å². The van der Waals surface area contributed by atoms with Crippen LogP contribution in [-0.2, 0) is 0 Å². The number of anilines is 2. The van der Waals surface area contributed by atoms with Crippen molar-refractivity contribution in [1.82, 2.24) is 14.9 Å². The van der Waals surface area contributed by atoms with Crippen LogP contribution in [0.25, 0.3) is 10.9 Å². The molecule has 0 aliphatic carbocycles. The van der Waals surface area contributed by atoms with E-state index in [2.05, 4.69) is 103 Å². The van der Waals surface area contributed by atoms with Gasteiger partial charge in [0, 0.05) is 22.7 Å². The summed E-state index contributed by atoms with van der Waals surface area (Å²) in [6.45, 7) is 6.72. The van der Waals surface area contributed by atoms with Crippen molar-refractivity contribution in [1.29, 1.82) is 0 Å². The van der Waals surface area contributed by atoms with Crippen LogP contribution in [0.4, 0.5) is 11.5 Å². The van der Waals surface area contributed by atoms with Crippen molar-refractivity contribution >= 4 is 22.4 Å². The molecule has 1 atom stereocenters. The average molecular weight is 457 g/mol. The summed E-state index contributed by atoms with van der Waals surface area (Å²) >= 11 is 0. The van der Waals surface area contributed by atoms with E-state index in [4.69, 9.17) is 9.47 Å². The standard InChI is InChI=1S/C28H32N4O2/c1-28(2,3)32(4)26(19-10-8-7-9-11-19)20-12-14-21(15-13-20)31-27-22-16-24(33-5)25(34-6)17-23(22)29-18-30-27/h7-18,26H,1-6H3,(H,29,30,31)/t26-/m0/s1. The van der Waals surface area contributed by atoms with E-state index in [1.807, 2.05) is 12.1 Å². The van der Waals surface area contributed by atoms with Crippen LogP contribution in [0.2, 0.25) is 0 Å². The Hall–Kier alpha value is -3.64. The number of fused-ring (bicyclic) bond motifs is 1. The van der Waals surface area contributed by atoms with E-state index >= 15 is 0 Å². The lowest BCUT2D eigenvalue weighted by Gasteiger charge is -2.39. The molecule has 1 N–H and O–H groups in total. The first-order chi connectivity index (χ1) is 16.3. The molecular weight excluding hydrogens is 424 g/mol. The lowest BCUT2D eigenvalue weighted by Crippen LogP contribution is -2.41. The maximum absolute atomic E-state index is 5.47. The quantitative estimate of drug-likeness (QED) is 0.357. The Kier molecular flexibility index (Phi) is 6.70. The molecule has 4 aromatic rings. The topological polar surface area (TPSA) is 59.5 Å². The molecule has 0 unspecified atom stereocenters. The zero-order chi connectivity index (χ0) is 24.3. The first kappa shape index (κ1) is 23.5. The number of hydrogen-bond donors (Lipinski definition) is 1. The summed E-state index contributed by atoms with van der Waals surface area (Å²) in [6, 6.07) is 23.1. The van der Waals surface area contributed by atoms with Crippen LogP contribution < -0.4 is 14.8 Å². The number of hydrogen-bond acceptors (Lipinski definition) is 6. The van der Waals surface area contributed by atoms with Gasteiger partial charge in [-0.25, -0.2) is 9.97 Å². The number of aromatic nitrogens is 2. The van der Waals surface area contributed by atoms with E-state index in [9.17, 15) is 0 Å². The number of ether oxygens (including phenoxy) is 2.